The van der Waals surface area contributed by atoms with E-state index in [1.807, 2.05) is 19.1 Å². The zero-order chi connectivity index (χ0) is 19.2. The summed E-state index contributed by atoms with van der Waals surface area (Å²) in [6.07, 6.45) is 5.63. The Bertz CT molecular complexity index is 641. The fourth-order valence-corrected chi connectivity index (χ4v) is 4.12. The van der Waals surface area contributed by atoms with Crippen LogP contribution in [-0.2, 0) is 11.2 Å². The van der Waals surface area contributed by atoms with Gasteiger partial charge in [0.05, 0.1) is 5.92 Å². The molecule has 1 aromatic rings. The first-order valence-electron chi connectivity index (χ1n) is 10.1. The minimum Gasteiger partial charge on any atom is -0.481 e. The number of aliphatic carboxylic acids is 1. The third-order valence-corrected chi connectivity index (χ3v) is 5.67. The molecule has 2 fully saturated rings. The molecule has 2 heterocycles. The van der Waals surface area contributed by atoms with E-state index in [0.29, 0.717) is 13.0 Å². The van der Waals surface area contributed by atoms with Crippen LogP contribution in [0, 0.1) is 11.8 Å². The van der Waals surface area contributed by atoms with Gasteiger partial charge in [-0.05, 0) is 62.4 Å². The quantitative estimate of drug-likeness (QED) is 0.831. The lowest BCUT2D eigenvalue weighted by Gasteiger charge is -2.34. The number of likely N-dealkylation sites (tertiary alicyclic amines) is 2. The van der Waals surface area contributed by atoms with Crippen LogP contribution in [0.5, 0.6) is 0 Å². The Labute approximate surface area is 161 Å². The van der Waals surface area contributed by atoms with Crippen LogP contribution >= 0.6 is 0 Å². The summed E-state index contributed by atoms with van der Waals surface area (Å²) in [4.78, 5) is 27.9. The molecule has 2 atom stereocenters. The van der Waals surface area contributed by atoms with E-state index >= 15 is 0 Å². The molecule has 2 N–H and O–H groups in total. The van der Waals surface area contributed by atoms with Crippen LogP contribution in [0.3, 0.4) is 0 Å². The van der Waals surface area contributed by atoms with Gasteiger partial charge in [-0.1, -0.05) is 25.5 Å². The van der Waals surface area contributed by atoms with Gasteiger partial charge in [-0.2, -0.15) is 0 Å². The maximum absolute atomic E-state index is 12.5. The molecule has 0 saturated carbocycles. The second-order valence-corrected chi connectivity index (χ2v) is 8.06. The van der Waals surface area contributed by atoms with E-state index < -0.39 is 11.9 Å². The number of carbonyl (C=O) groups is 2. The Morgan fingerprint density at radius 1 is 1.11 bits per heavy atom. The van der Waals surface area contributed by atoms with Crippen LogP contribution in [0.15, 0.2) is 24.3 Å². The Kier molecular flexibility index (Phi) is 6.72. The Morgan fingerprint density at radius 2 is 1.81 bits per heavy atom. The molecule has 0 radical (unpaired) electrons. The number of piperidine rings is 2. The van der Waals surface area contributed by atoms with Crippen molar-refractivity contribution in [1.29, 1.82) is 0 Å². The molecule has 0 aromatic heterocycles. The normalized spacial score (nSPS) is 23.8. The molecule has 148 valence electrons. The number of carbonyl (C=O) groups excluding carboxylic acids is 1. The van der Waals surface area contributed by atoms with E-state index in [1.165, 1.54) is 37.9 Å². The predicted molar refractivity (Wildman–Crippen MR) is 106 cm³/mol. The number of urea groups is 1. The van der Waals surface area contributed by atoms with Gasteiger partial charge in [-0.3, -0.25) is 4.79 Å². The van der Waals surface area contributed by atoms with Crippen LogP contribution in [0.25, 0.3) is 0 Å². The van der Waals surface area contributed by atoms with Crippen LogP contribution < -0.4 is 5.32 Å². The average molecular weight is 373 g/mol. The molecule has 2 aliphatic heterocycles. The van der Waals surface area contributed by atoms with Crippen molar-refractivity contribution in [2.45, 2.75) is 39.0 Å². The fourth-order valence-electron chi connectivity index (χ4n) is 4.12. The first kappa shape index (κ1) is 19.7. The van der Waals surface area contributed by atoms with Crippen molar-refractivity contribution in [2.24, 2.45) is 11.8 Å². The van der Waals surface area contributed by atoms with Gasteiger partial charge in [0, 0.05) is 25.3 Å². The zero-order valence-corrected chi connectivity index (χ0v) is 16.2. The number of benzene rings is 1. The van der Waals surface area contributed by atoms with E-state index in [9.17, 15) is 14.7 Å². The lowest BCUT2D eigenvalue weighted by atomic mass is 9.91. The molecule has 2 unspecified atom stereocenters. The fraction of sp³-hybridized carbons (Fsp3) is 0.619. The summed E-state index contributed by atoms with van der Waals surface area (Å²) in [5.41, 5.74) is 2.03. The highest BCUT2D eigenvalue weighted by Gasteiger charge is 2.31. The van der Waals surface area contributed by atoms with E-state index in [4.69, 9.17) is 0 Å². The van der Waals surface area contributed by atoms with Gasteiger partial charge in [0.2, 0.25) is 0 Å². The van der Waals surface area contributed by atoms with Crippen molar-refractivity contribution in [1.82, 2.24) is 9.80 Å². The van der Waals surface area contributed by atoms with Crippen molar-refractivity contribution in [3.63, 3.8) is 0 Å². The second kappa shape index (κ2) is 9.22. The van der Waals surface area contributed by atoms with Crippen molar-refractivity contribution >= 4 is 17.7 Å². The molecule has 6 heteroatoms. The molecule has 0 aliphatic carbocycles. The van der Waals surface area contributed by atoms with Gasteiger partial charge in [0.1, 0.15) is 0 Å². The zero-order valence-electron chi connectivity index (χ0n) is 16.2. The molecular formula is C21H31N3O3. The summed E-state index contributed by atoms with van der Waals surface area (Å²) in [7, 11) is 0. The van der Waals surface area contributed by atoms with Crippen LogP contribution in [0.2, 0.25) is 0 Å². The van der Waals surface area contributed by atoms with Crippen LogP contribution in [0.1, 0.15) is 38.2 Å². The third-order valence-electron chi connectivity index (χ3n) is 5.67. The lowest BCUT2D eigenvalue weighted by molar-refractivity contribution is -0.143. The van der Waals surface area contributed by atoms with E-state index in [0.717, 1.165) is 18.7 Å². The van der Waals surface area contributed by atoms with Gasteiger partial charge in [-0.25, -0.2) is 4.79 Å². The first-order valence-corrected chi connectivity index (χ1v) is 10.1. The number of carboxylic acid groups (broad SMARTS) is 1. The summed E-state index contributed by atoms with van der Waals surface area (Å²) >= 11 is 0. The number of hydrogen-bond acceptors (Lipinski definition) is 3. The van der Waals surface area contributed by atoms with E-state index in [-0.39, 0.29) is 18.5 Å². The van der Waals surface area contributed by atoms with E-state index in [2.05, 4.69) is 22.3 Å². The molecule has 3 rings (SSSR count). The number of amides is 2. The van der Waals surface area contributed by atoms with Gasteiger partial charge < -0.3 is 20.2 Å². The Balaban J connectivity index is 1.49. The molecule has 27 heavy (non-hydrogen) atoms. The van der Waals surface area contributed by atoms with Crippen LogP contribution in [0.4, 0.5) is 10.5 Å². The minimum atomic E-state index is -0.822. The van der Waals surface area contributed by atoms with Crippen molar-refractivity contribution in [2.75, 3.05) is 38.0 Å². The highest BCUT2D eigenvalue weighted by Crippen LogP contribution is 2.22. The highest BCUT2D eigenvalue weighted by molar-refractivity contribution is 5.89. The molecule has 2 aliphatic rings. The largest absolute Gasteiger partial charge is 0.481 e. The summed E-state index contributed by atoms with van der Waals surface area (Å²) in [5.74, 6) is -1.10. The number of nitrogens with one attached hydrogen (secondary N) is 1. The number of rotatable bonds is 5. The third kappa shape index (κ3) is 5.70. The average Bonchev–Trinajstić information content (AvgIpc) is 2.67. The number of hydrogen-bond donors (Lipinski definition) is 2. The number of nitrogens with zero attached hydrogens (tertiary/aromatic N) is 2. The molecule has 6 nitrogen and oxygen atoms in total. The van der Waals surface area contributed by atoms with Gasteiger partial charge in [0.15, 0.2) is 0 Å². The van der Waals surface area contributed by atoms with Gasteiger partial charge in [0.25, 0.3) is 0 Å². The summed E-state index contributed by atoms with van der Waals surface area (Å²) in [6.45, 7) is 6.38. The topological polar surface area (TPSA) is 72.9 Å². The lowest BCUT2D eigenvalue weighted by Crippen LogP contribution is -2.47. The van der Waals surface area contributed by atoms with Crippen LogP contribution in [-0.4, -0.2) is 59.6 Å². The number of anilines is 1. The molecule has 1 aromatic carbocycles. The monoisotopic (exact) mass is 373 g/mol. The van der Waals surface area contributed by atoms with Gasteiger partial charge >= 0.3 is 12.0 Å². The Hall–Kier alpha value is -2.08. The second-order valence-electron chi connectivity index (χ2n) is 8.06. The Morgan fingerprint density at radius 3 is 2.48 bits per heavy atom. The molecule has 2 saturated heterocycles. The van der Waals surface area contributed by atoms with Crippen molar-refractivity contribution in [3.8, 4) is 0 Å². The molecule has 2 amide bonds. The minimum absolute atomic E-state index is 0.197. The maximum atomic E-state index is 12.5. The summed E-state index contributed by atoms with van der Waals surface area (Å²) in [5, 5.41) is 12.2. The maximum Gasteiger partial charge on any atom is 0.321 e. The molecule has 0 spiro atoms. The van der Waals surface area contributed by atoms with E-state index in [1.54, 1.807) is 4.90 Å². The summed E-state index contributed by atoms with van der Waals surface area (Å²) in [6, 6.07) is 7.79. The molecular weight excluding hydrogens is 342 g/mol. The van der Waals surface area contributed by atoms with Crippen molar-refractivity contribution in [3.05, 3.63) is 29.8 Å². The van der Waals surface area contributed by atoms with Gasteiger partial charge in [-0.15, -0.1) is 0 Å². The predicted octanol–water partition coefficient (Wildman–Crippen LogP) is 3.29. The SMILES string of the molecule is CC1CC(C(=O)O)CN(C(=O)Nc2ccc(CCN3CCCCC3)cc2)C1. The highest BCUT2D eigenvalue weighted by atomic mass is 16.4. The standard InChI is InChI=1S/C21H31N3O3/c1-16-13-18(20(25)26)15-24(14-16)21(27)22-19-7-5-17(6-8-19)9-12-23-10-3-2-4-11-23/h5-8,16,18H,2-4,9-15H2,1H3,(H,22,27)(H,25,26). The number of carboxylic acids is 1. The molecule has 0 bridgehead atoms. The smallest absolute Gasteiger partial charge is 0.321 e. The van der Waals surface area contributed by atoms with Crippen molar-refractivity contribution < 1.29 is 14.7 Å². The summed E-state index contributed by atoms with van der Waals surface area (Å²) < 4.78 is 0. The first-order chi connectivity index (χ1) is 13.0.